The summed E-state index contributed by atoms with van der Waals surface area (Å²) in [7, 11) is 0. The number of carbonyl (C=O) groups excluding carboxylic acids is 1. The fourth-order valence-electron chi connectivity index (χ4n) is 2.21. The van der Waals surface area contributed by atoms with E-state index in [1.807, 2.05) is 4.90 Å². The Balaban J connectivity index is 2.07. The van der Waals surface area contributed by atoms with Crippen molar-refractivity contribution < 1.29 is 4.79 Å². The summed E-state index contributed by atoms with van der Waals surface area (Å²) in [4.78, 5) is 18.1. The van der Waals surface area contributed by atoms with Crippen LogP contribution in [0.1, 0.15) is 30.8 Å². The number of likely N-dealkylation sites (tertiary alicyclic amines) is 1. The molecule has 1 aromatic heterocycles. The van der Waals surface area contributed by atoms with Crippen LogP contribution in [0.25, 0.3) is 0 Å². The van der Waals surface area contributed by atoms with Gasteiger partial charge in [0.25, 0.3) is 5.91 Å². The molecule has 0 aromatic carbocycles. The molecule has 2 rings (SSSR count). The fraction of sp³-hybridized carbons (Fsp3) is 0.538. The molecule has 1 amide bonds. The number of pyridine rings is 1. The average molecular weight is 253 g/mol. The van der Waals surface area contributed by atoms with E-state index in [9.17, 15) is 4.79 Å². The van der Waals surface area contributed by atoms with Gasteiger partial charge in [-0.05, 0) is 30.4 Å². The standard InChI is InChI=1S/C13H17ClN2O/c1-9(2)10-6-7-16(8-10)13(17)11-4-3-5-12(14)15-11/h3-5,9-10H,6-8H2,1-2H3. The number of hydrogen-bond donors (Lipinski definition) is 0. The molecular weight excluding hydrogens is 236 g/mol. The lowest BCUT2D eigenvalue weighted by molar-refractivity contribution is 0.0778. The van der Waals surface area contributed by atoms with Crippen LogP contribution in [-0.4, -0.2) is 28.9 Å². The molecular formula is C13H17ClN2O. The predicted octanol–water partition coefficient (Wildman–Crippen LogP) is 2.85. The molecule has 92 valence electrons. The highest BCUT2D eigenvalue weighted by molar-refractivity contribution is 6.29. The first kappa shape index (κ1) is 12.4. The molecule has 0 N–H and O–H groups in total. The van der Waals surface area contributed by atoms with Crippen molar-refractivity contribution in [2.45, 2.75) is 20.3 Å². The average Bonchev–Trinajstić information content (AvgIpc) is 2.77. The van der Waals surface area contributed by atoms with Gasteiger partial charge in [0, 0.05) is 13.1 Å². The molecule has 0 radical (unpaired) electrons. The molecule has 3 nitrogen and oxygen atoms in total. The second-order valence-electron chi connectivity index (χ2n) is 4.89. The SMILES string of the molecule is CC(C)C1CCN(C(=O)c2cccc(Cl)n2)C1. The lowest BCUT2D eigenvalue weighted by Gasteiger charge is -2.17. The third-order valence-electron chi connectivity index (χ3n) is 3.39. The minimum Gasteiger partial charge on any atom is -0.337 e. The molecule has 0 aliphatic carbocycles. The van der Waals surface area contributed by atoms with Gasteiger partial charge in [0.15, 0.2) is 0 Å². The van der Waals surface area contributed by atoms with Gasteiger partial charge in [-0.1, -0.05) is 31.5 Å². The highest BCUT2D eigenvalue weighted by Crippen LogP contribution is 2.24. The summed E-state index contributed by atoms with van der Waals surface area (Å²) in [6, 6.07) is 5.16. The number of amides is 1. The van der Waals surface area contributed by atoms with E-state index in [-0.39, 0.29) is 5.91 Å². The summed E-state index contributed by atoms with van der Waals surface area (Å²) >= 11 is 5.79. The second-order valence-corrected chi connectivity index (χ2v) is 5.28. The van der Waals surface area contributed by atoms with E-state index in [1.54, 1.807) is 18.2 Å². The Labute approximate surface area is 107 Å². The van der Waals surface area contributed by atoms with Crippen molar-refractivity contribution >= 4 is 17.5 Å². The number of nitrogens with zero attached hydrogens (tertiary/aromatic N) is 2. The van der Waals surface area contributed by atoms with Crippen molar-refractivity contribution in [2.75, 3.05) is 13.1 Å². The van der Waals surface area contributed by atoms with Crippen LogP contribution < -0.4 is 0 Å². The van der Waals surface area contributed by atoms with Crippen molar-refractivity contribution in [3.63, 3.8) is 0 Å². The summed E-state index contributed by atoms with van der Waals surface area (Å²) in [5.41, 5.74) is 0.446. The van der Waals surface area contributed by atoms with Gasteiger partial charge in [0.05, 0.1) is 0 Å². The first-order valence-electron chi connectivity index (χ1n) is 5.99. The highest BCUT2D eigenvalue weighted by atomic mass is 35.5. The number of rotatable bonds is 2. The zero-order valence-electron chi connectivity index (χ0n) is 10.2. The smallest absolute Gasteiger partial charge is 0.272 e. The maximum absolute atomic E-state index is 12.2. The third kappa shape index (κ3) is 2.78. The monoisotopic (exact) mass is 252 g/mol. The van der Waals surface area contributed by atoms with Gasteiger partial charge in [-0.15, -0.1) is 0 Å². The van der Waals surface area contributed by atoms with Gasteiger partial charge < -0.3 is 4.90 Å². The van der Waals surface area contributed by atoms with E-state index in [2.05, 4.69) is 18.8 Å². The molecule has 1 atom stereocenters. The van der Waals surface area contributed by atoms with E-state index in [0.717, 1.165) is 19.5 Å². The number of aromatic nitrogens is 1. The molecule has 17 heavy (non-hydrogen) atoms. The molecule has 2 heterocycles. The Hall–Kier alpha value is -1.09. The first-order valence-corrected chi connectivity index (χ1v) is 6.37. The Morgan fingerprint density at radius 3 is 2.88 bits per heavy atom. The number of halogens is 1. The van der Waals surface area contributed by atoms with Crippen molar-refractivity contribution in [1.29, 1.82) is 0 Å². The third-order valence-corrected chi connectivity index (χ3v) is 3.60. The van der Waals surface area contributed by atoms with E-state index in [0.29, 0.717) is 22.7 Å². The summed E-state index contributed by atoms with van der Waals surface area (Å²) in [5, 5.41) is 0.371. The second kappa shape index (κ2) is 5.05. The molecule has 1 fully saturated rings. The van der Waals surface area contributed by atoms with Crippen LogP contribution in [0.15, 0.2) is 18.2 Å². The molecule has 1 aliphatic rings. The van der Waals surface area contributed by atoms with E-state index >= 15 is 0 Å². The van der Waals surface area contributed by atoms with E-state index in [4.69, 9.17) is 11.6 Å². The van der Waals surface area contributed by atoms with Crippen molar-refractivity contribution in [2.24, 2.45) is 11.8 Å². The van der Waals surface area contributed by atoms with Crippen molar-refractivity contribution in [1.82, 2.24) is 9.88 Å². The molecule has 0 spiro atoms. The molecule has 0 bridgehead atoms. The zero-order chi connectivity index (χ0) is 12.4. The van der Waals surface area contributed by atoms with Crippen LogP contribution in [0.3, 0.4) is 0 Å². The van der Waals surface area contributed by atoms with Gasteiger partial charge in [-0.2, -0.15) is 0 Å². The highest BCUT2D eigenvalue weighted by Gasteiger charge is 2.29. The number of carbonyl (C=O) groups is 1. The van der Waals surface area contributed by atoms with Crippen LogP contribution in [0.2, 0.25) is 5.15 Å². The van der Waals surface area contributed by atoms with Crippen molar-refractivity contribution in [3.8, 4) is 0 Å². The maximum Gasteiger partial charge on any atom is 0.272 e. The van der Waals surface area contributed by atoms with Gasteiger partial charge in [0.2, 0.25) is 0 Å². The van der Waals surface area contributed by atoms with Gasteiger partial charge in [-0.3, -0.25) is 4.79 Å². The summed E-state index contributed by atoms with van der Waals surface area (Å²) < 4.78 is 0. The number of hydrogen-bond acceptors (Lipinski definition) is 2. The van der Waals surface area contributed by atoms with Gasteiger partial charge in [0.1, 0.15) is 10.8 Å². The normalized spacial score (nSPS) is 20.0. The minimum absolute atomic E-state index is 0.00403. The van der Waals surface area contributed by atoms with E-state index in [1.165, 1.54) is 0 Å². The van der Waals surface area contributed by atoms with Crippen molar-refractivity contribution in [3.05, 3.63) is 29.0 Å². The Bertz CT molecular complexity index is 420. The van der Waals surface area contributed by atoms with Gasteiger partial charge in [-0.25, -0.2) is 4.98 Å². The topological polar surface area (TPSA) is 33.2 Å². The molecule has 0 saturated carbocycles. The zero-order valence-corrected chi connectivity index (χ0v) is 10.9. The molecule has 1 aromatic rings. The Morgan fingerprint density at radius 1 is 1.53 bits per heavy atom. The summed E-state index contributed by atoms with van der Waals surface area (Å²) in [6.45, 7) is 6.08. The molecule has 1 aliphatic heterocycles. The fourth-order valence-corrected chi connectivity index (χ4v) is 2.37. The minimum atomic E-state index is -0.00403. The summed E-state index contributed by atoms with van der Waals surface area (Å²) in [6.07, 6.45) is 1.09. The largest absolute Gasteiger partial charge is 0.337 e. The van der Waals surface area contributed by atoms with Crippen LogP contribution in [0, 0.1) is 11.8 Å². The van der Waals surface area contributed by atoms with Crippen LogP contribution in [0.4, 0.5) is 0 Å². The summed E-state index contributed by atoms with van der Waals surface area (Å²) in [5.74, 6) is 1.23. The van der Waals surface area contributed by atoms with Crippen LogP contribution >= 0.6 is 11.6 Å². The first-order chi connectivity index (χ1) is 8.08. The molecule has 4 heteroatoms. The Morgan fingerprint density at radius 2 is 2.29 bits per heavy atom. The lowest BCUT2D eigenvalue weighted by atomic mass is 9.95. The van der Waals surface area contributed by atoms with Gasteiger partial charge >= 0.3 is 0 Å². The quantitative estimate of drug-likeness (QED) is 0.759. The maximum atomic E-state index is 12.2. The Kier molecular flexibility index (Phi) is 3.67. The predicted molar refractivity (Wildman–Crippen MR) is 68.1 cm³/mol. The van der Waals surface area contributed by atoms with Crippen LogP contribution in [0.5, 0.6) is 0 Å². The lowest BCUT2D eigenvalue weighted by Crippen LogP contribution is -2.30. The molecule has 1 unspecified atom stereocenters. The molecule has 1 saturated heterocycles. The van der Waals surface area contributed by atoms with E-state index < -0.39 is 0 Å². The van der Waals surface area contributed by atoms with Crippen LogP contribution in [-0.2, 0) is 0 Å².